The summed E-state index contributed by atoms with van der Waals surface area (Å²) in [7, 11) is 0. The Morgan fingerprint density at radius 2 is 2.16 bits per heavy atom. The first kappa shape index (κ1) is 13.6. The standard InChI is InChI=1S/C13H14BrN3O2/c1-8(2)17-7-10(6-15-17)16-9-3-4-11(13(18)19)12(14)5-9/h3-8,16H,1-2H3,(H,18,19). The molecule has 0 aliphatic heterocycles. The smallest absolute Gasteiger partial charge is 0.336 e. The van der Waals surface area contributed by atoms with E-state index in [0.29, 0.717) is 10.5 Å². The van der Waals surface area contributed by atoms with E-state index in [4.69, 9.17) is 5.11 Å². The quantitative estimate of drug-likeness (QED) is 0.900. The molecule has 2 aromatic rings. The predicted molar refractivity (Wildman–Crippen MR) is 77.0 cm³/mol. The molecule has 0 spiro atoms. The molecule has 2 N–H and O–H groups in total. The third-order valence-electron chi connectivity index (χ3n) is 2.62. The fourth-order valence-electron chi connectivity index (χ4n) is 1.62. The number of carboxylic acids is 1. The maximum atomic E-state index is 10.9. The van der Waals surface area contributed by atoms with Gasteiger partial charge in [-0.3, -0.25) is 4.68 Å². The molecule has 1 aromatic heterocycles. The van der Waals surface area contributed by atoms with Gasteiger partial charge >= 0.3 is 5.97 Å². The highest BCUT2D eigenvalue weighted by Crippen LogP contribution is 2.24. The number of aromatic nitrogens is 2. The highest BCUT2D eigenvalue weighted by molar-refractivity contribution is 9.10. The van der Waals surface area contributed by atoms with Crippen LogP contribution >= 0.6 is 15.9 Å². The fourth-order valence-corrected chi connectivity index (χ4v) is 2.17. The Bertz CT molecular complexity index is 608. The molecule has 0 bridgehead atoms. The van der Waals surface area contributed by atoms with Crippen LogP contribution in [-0.2, 0) is 0 Å². The first-order chi connectivity index (χ1) is 8.97. The molecule has 0 aliphatic carbocycles. The Labute approximate surface area is 119 Å². The van der Waals surface area contributed by atoms with Crippen LogP contribution in [0.15, 0.2) is 35.1 Å². The number of rotatable bonds is 4. The second kappa shape index (κ2) is 5.44. The second-order valence-electron chi connectivity index (χ2n) is 4.43. The average Bonchev–Trinajstić information content (AvgIpc) is 2.77. The van der Waals surface area contributed by atoms with E-state index in [1.54, 1.807) is 24.4 Å². The summed E-state index contributed by atoms with van der Waals surface area (Å²) in [5, 5.41) is 16.4. The first-order valence-electron chi connectivity index (χ1n) is 5.81. The van der Waals surface area contributed by atoms with Crippen molar-refractivity contribution in [1.82, 2.24) is 9.78 Å². The maximum absolute atomic E-state index is 10.9. The van der Waals surface area contributed by atoms with Gasteiger partial charge in [-0.15, -0.1) is 0 Å². The van der Waals surface area contributed by atoms with Crippen molar-refractivity contribution in [2.24, 2.45) is 0 Å². The molecule has 0 unspecified atom stereocenters. The van der Waals surface area contributed by atoms with Gasteiger partial charge in [0.2, 0.25) is 0 Å². The van der Waals surface area contributed by atoms with E-state index >= 15 is 0 Å². The number of carboxylic acid groups (broad SMARTS) is 1. The van der Waals surface area contributed by atoms with Crippen molar-refractivity contribution in [2.75, 3.05) is 5.32 Å². The second-order valence-corrected chi connectivity index (χ2v) is 5.28. The van der Waals surface area contributed by atoms with Gasteiger partial charge in [-0.25, -0.2) is 4.79 Å². The number of hydrogen-bond acceptors (Lipinski definition) is 3. The van der Waals surface area contributed by atoms with E-state index < -0.39 is 5.97 Å². The number of halogens is 1. The molecule has 2 rings (SSSR count). The lowest BCUT2D eigenvalue weighted by molar-refractivity contribution is 0.0696. The van der Waals surface area contributed by atoms with Crippen LogP contribution in [-0.4, -0.2) is 20.9 Å². The van der Waals surface area contributed by atoms with Crippen LogP contribution in [0.3, 0.4) is 0 Å². The molecular weight excluding hydrogens is 310 g/mol. The van der Waals surface area contributed by atoms with Crippen LogP contribution in [0, 0.1) is 0 Å². The molecule has 0 saturated heterocycles. The Hall–Kier alpha value is -1.82. The molecule has 1 aromatic carbocycles. The Morgan fingerprint density at radius 3 is 2.68 bits per heavy atom. The van der Waals surface area contributed by atoms with Gasteiger partial charge in [0.25, 0.3) is 0 Å². The summed E-state index contributed by atoms with van der Waals surface area (Å²) in [6.45, 7) is 4.10. The number of carbonyl (C=O) groups is 1. The van der Waals surface area contributed by atoms with Gasteiger partial charge in [-0.05, 0) is 48.0 Å². The van der Waals surface area contributed by atoms with E-state index in [9.17, 15) is 4.79 Å². The highest BCUT2D eigenvalue weighted by Gasteiger charge is 2.09. The largest absolute Gasteiger partial charge is 0.478 e. The normalized spacial score (nSPS) is 10.7. The van der Waals surface area contributed by atoms with Crippen LogP contribution in [0.4, 0.5) is 11.4 Å². The molecule has 0 radical (unpaired) electrons. The van der Waals surface area contributed by atoms with Gasteiger partial charge in [0.1, 0.15) is 0 Å². The average molecular weight is 324 g/mol. The Balaban J connectivity index is 2.19. The number of nitrogens with one attached hydrogen (secondary N) is 1. The lowest BCUT2D eigenvalue weighted by Crippen LogP contribution is -2.00. The van der Waals surface area contributed by atoms with Crippen molar-refractivity contribution >= 4 is 33.3 Å². The molecule has 100 valence electrons. The number of benzene rings is 1. The van der Waals surface area contributed by atoms with Crippen molar-refractivity contribution < 1.29 is 9.90 Å². The van der Waals surface area contributed by atoms with E-state index in [-0.39, 0.29) is 5.56 Å². The van der Waals surface area contributed by atoms with Crippen molar-refractivity contribution in [1.29, 1.82) is 0 Å². The van der Waals surface area contributed by atoms with Gasteiger partial charge in [0.15, 0.2) is 0 Å². The third-order valence-corrected chi connectivity index (χ3v) is 3.27. The summed E-state index contributed by atoms with van der Waals surface area (Å²) in [5.74, 6) is -0.953. The van der Waals surface area contributed by atoms with Crippen molar-refractivity contribution in [3.8, 4) is 0 Å². The molecule has 0 fully saturated rings. The minimum absolute atomic E-state index is 0.239. The van der Waals surface area contributed by atoms with Crippen LogP contribution < -0.4 is 5.32 Å². The predicted octanol–water partition coefficient (Wildman–Crippen LogP) is 3.67. The van der Waals surface area contributed by atoms with E-state index in [2.05, 4.69) is 40.2 Å². The summed E-state index contributed by atoms with van der Waals surface area (Å²) in [5.41, 5.74) is 1.91. The zero-order valence-electron chi connectivity index (χ0n) is 10.6. The van der Waals surface area contributed by atoms with Crippen molar-refractivity contribution in [2.45, 2.75) is 19.9 Å². The summed E-state index contributed by atoms with van der Waals surface area (Å²) in [6.07, 6.45) is 3.64. The molecular formula is C13H14BrN3O2. The van der Waals surface area contributed by atoms with Crippen LogP contribution in [0.1, 0.15) is 30.2 Å². The molecule has 0 saturated carbocycles. The van der Waals surface area contributed by atoms with E-state index in [0.717, 1.165) is 11.4 Å². The lowest BCUT2D eigenvalue weighted by Gasteiger charge is -2.06. The van der Waals surface area contributed by atoms with E-state index in [1.165, 1.54) is 0 Å². The molecule has 0 atom stereocenters. The number of anilines is 2. The minimum atomic E-state index is -0.953. The van der Waals surface area contributed by atoms with Crippen LogP contribution in [0.25, 0.3) is 0 Å². The monoisotopic (exact) mass is 323 g/mol. The topological polar surface area (TPSA) is 67.2 Å². The number of hydrogen-bond donors (Lipinski definition) is 2. The van der Waals surface area contributed by atoms with Crippen LogP contribution in [0.5, 0.6) is 0 Å². The zero-order valence-corrected chi connectivity index (χ0v) is 12.2. The molecule has 19 heavy (non-hydrogen) atoms. The summed E-state index contributed by atoms with van der Waals surface area (Å²) >= 11 is 3.25. The number of aromatic carboxylic acids is 1. The molecule has 1 heterocycles. The SMILES string of the molecule is CC(C)n1cc(Nc2ccc(C(=O)O)c(Br)c2)cn1. The van der Waals surface area contributed by atoms with Crippen molar-refractivity contribution in [3.63, 3.8) is 0 Å². The van der Waals surface area contributed by atoms with Gasteiger partial charge in [-0.1, -0.05) is 0 Å². The van der Waals surface area contributed by atoms with Gasteiger partial charge in [0.05, 0.1) is 17.4 Å². The van der Waals surface area contributed by atoms with Crippen LogP contribution in [0.2, 0.25) is 0 Å². The number of nitrogens with zero attached hydrogens (tertiary/aromatic N) is 2. The third kappa shape index (κ3) is 3.14. The fraction of sp³-hybridized carbons (Fsp3) is 0.231. The molecule has 6 heteroatoms. The summed E-state index contributed by atoms with van der Waals surface area (Å²) in [6, 6.07) is 5.32. The molecule has 5 nitrogen and oxygen atoms in total. The van der Waals surface area contributed by atoms with Crippen molar-refractivity contribution in [3.05, 3.63) is 40.6 Å². The summed E-state index contributed by atoms with van der Waals surface area (Å²) < 4.78 is 2.39. The Kier molecular flexibility index (Phi) is 3.90. The zero-order chi connectivity index (χ0) is 14.0. The van der Waals surface area contributed by atoms with E-state index in [1.807, 2.05) is 10.9 Å². The highest BCUT2D eigenvalue weighted by atomic mass is 79.9. The molecule has 0 aliphatic rings. The Morgan fingerprint density at radius 1 is 1.42 bits per heavy atom. The van der Waals surface area contributed by atoms with Gasteiger partial charge in [-0.2, -0.15) is 5.10 Å². The summed E-state index contributed by atoms with van der Waals surface area (Å²) in [4.78, 5) is 10.9. The lowest BCUT2D eigenvalue weighted by atomic mass is 10.2. The van der Waals surface area contributed by atoms with Gasteiger partial charge in [0, 0.05) is 22.4 Å². The van der Waals surface area contributed by atoms with Gasteiger partial charge < -0.3 is 10.4 Å². The maximum Gasteiger partial charge on any atom is 0.336 e. The molecule has 0 amide bonds. The minimum Gasteiger partial charge on any atom is -0.478 e. The first-order valence-corrected chi connectivity index (χ1v) is 6.60.